The Morgan fingerprint density at radius 2 is 1.57 bits per heavy atom. The predicted octanol–water partition coefficient (Wildman–Crippen LogP) is 1.27. The second-order valence-electron chi connectivity index (χ2n) is 4.97. The van der Waals surface area contributed by atoms with Crippen LogP contribution in [0.4, 0.5) is 11.6 Å². The monoisotopic (exact) mass is 315 g/mol. The number of rotatable bonds is 9. The third-order valence-electron chi connectivity index (χ3n) is 2.81. The Kier molecular flexibility index (Phi) is 6.83. The maximum absolute atomic E-state index is 10.9. The average molecular weight is 315 g/mol. The summed E-state index contributed by atoms with van der Waals surface area (Å²) in [6, 6.07) is 0. The summed E-state index contributed by atoms with van der Waals surface area (Å²) in [6.07, 6.45) is 2.87. The first-order valence-electron chi connectivity index (χ1n) is 7.11. The molecule has 0 amide bonds. The molecule has 0 spiro atoms. The number of aromatic nitrogens is 2. The molecular formula is C13H25N5O2S. The molecule has 3 N–H and O–H groups in total. The number of nitrogens with zero attached hydrogens (tertiary/aromatic N) is 2. The highest BCUT2D eigenvalue weighted by Gasteiger charge is 2.08. The van der Waals surface area contributed by atoms with E-state index in [1.807, 2.05) is 13.8 Å². The summed E-state index contributed by atoms with van der Waals surface area (Å²) >= 11 is 0. The lowest BCUT2D eigenvalue weighted by Crippen LogP contribution is -2.24. The van der Waals surface area contributed by atoms with E-state index in [-0.39, 0.29) is 0 Å². The average Bonchev–Trinajstić information content (AvgIpc) is 2.38. The van der Waals surface area contributed by atoms with Crippen LogP contribution in [-0.2, 0) is 10.0 Å². The van der Waals surface area contributed by atoms with Crippen molar-refractivity contribution in [3.05, 3.63) is 11.4 Å². The van der Waals surface area contributed by atoms with E-state index in [0.29, 0.717) is 25.3 Å². The summed E-state index contributed by atoms with van der Waals surface area (Å²) in [6.45, 7) is 7.85. The van der Waals surface area contributed by atoms with Crippen LogP contribution < -0.4 is 15.4 Å². The minimum absolute atomic E-state index is 0.413. The normalized spacial score (nSPS) is 11.4. The number of sulfonamides is 1. The van der Waals surface area contributed by atoms with Gasteiger partial charge >= 0.3 is 0 Å². The molecule has 1 aromatic rings. The molecule has 0 saturated carbocycles. The molecule has 120 valence electrons. The number of hydrogen-bond acceptors (Lipinski definition) is 6. The molecule has 0 aliphatic heterocycles. The summed E-state index contributed by atoms with van der Waals surface area (Å²) in [5.74, 6) is 2.34. The Hall–Kier alpha value is -1.41. The molecule has 0 saturated heterocycles. The fourth-order valence-electron chi connectivity index (χ4n) is 1.77. The third kappa shape index (κ3) is 6.72. The molecule has 0 aromatic carbocycles. The first-order valence-corrected chi connectivity index (χ1v) is 9.00. The maximum atomic E-state index is 10.9. The first-order chi connectivity index (χ1) is 9.83. The van der Waals surface area contributed by atoms with Gasteiger partial charge in [0.1, 0.15) is 17.5 Å². The van der Waals surface area contributed by atoms with E-state index in [2.05, 4.69) is 32.2 Å². The van der Waals surface area contributed by atoms with Crippen LogP contribution in [0.1, 0.15) is 31.2 Å². The van der Waals surface area contributed by atoms with Crippen LogP contribution in [0.15, 0.2) is 0 Å². The van der Waals surface area contributed by atoms with E-state index in [9.17, 15) is 8.42 Å². The van der Waals surface area contributed by atoms with Crippen LogP contribution in [0, 0.1) is 13.8 Å². The highest BCUT2D eigenvalue weighted by Crippen LogP contribution is 2.19. The Morgan fingerprint density at radius 1 is 1.00 bits per heavy atom. The van der Waals surface area contributed by atoms with E-state index < -0.39 is 10.0 Å². The Bertz CT molecular complexity index is 560. The third-order valence-corrected chi connectivity index (χ3v) is 3.54. The van der Waals surface area contributed by atoms with Gasteiger partial charge in [-0.15, -0.1) is 0 Å². The molecule has 21 heavy (non-hydrogen) atoms. The van der Waals surface area contributed by atoms with Gasteiger partial charge in [0, 0.05) is 25.2 Å². The highest BCUT2D eigenvalue weighted by molar-refractivity contribution is 7.88. The summed E-state index contributed by atoms with van der Waals surface area (Å²) < 4.78 is 24.4. The van der Waals surface area contributed by atoms with Crippen molar-refractivity contribution in [1.29, 1.82) is 0 Å². The van der Waals surface area contributed by atoms with Crippen LogP contribution in [0.5, 0.6) is 0 Å². The highest BCUT2D eigenvalue weighted by atomic mass is 32.2. The van der Waals surface area contributed by atoms with Gasteiger partial charge in [-0.3, -0.25) is 0 Å². The summed E-state index contributed by atoms with van der Waals surface area (Å²) in [4.78, 5) is 8.78. The molecule has 8 heteroatoms. The molecule has 0 aliphatic rings. The topological polar surface area (TPSA) is 96.0 Å². The van der Waals surface area contributed by atoms with E-state index in [0.717, 1.165) is 36.4 Å². The Balaban J connectivity index is 2.56. The molecule has 0 aliphatic carbocycles. The standard InChI is InChI=1S/C13H25N5O2S/c1-5-7-14-12-10(2)13(18-11(3)17-12)15-8-6-9-16-21(4,19)20/h16H,5-9H2,1-4H3,(H2,14,15,17,18). The molecular weight excluding hydrogens is 290 g/mol. The van der Waals surface area contributed by atoms with Crippen molar-refractivity contribution in [2.24, 2.45) is 0 Å². The van der Waals surface area contributed by atoms with Crippen molar-refractivity contribution in [2.75, 3.05) is 36.5 Å². The van der Waals surface area contributed by atoms with Crippen molar-refractivity contribution >= 4 is 21.7 Å². The zero-order chi connectivity index (χ0) is 15.9. The maximum Gasteiger partial charge on any atom is 0.208 e. The van der Waals surface area contributed by atoms with Crippen LogP contribution in [0.25, 0.3) is 0 Å². The zero-order valence-corrected chi connectivity index (χ0v) is 14.0. The summed E-state index contributed by atoms with van der Waals surface area (Å²) in [7, 11) is -3.11. The van der Waals surface area contributed by atoms with Crippen LogP contribution in [-0.4, -0.2) is 44.3 Å². The molecule has 0 bridgehead atoms. The zero-order valence-electron chi connectivity index (χ0n) is 13.2. The number of nitrogens with one attached hydrogen (secondary N) is 3. The number of anilines is 2. The van der Waals surface area contributed by atoms with E-state index in [4.69, 9.17) is 0 Å². The van der Waals surface area contributed by atoms with Crippen molar-refractivity contribution in [3.63, 3.8) is 0 Å². The van der Waals surface area contributed by atoms with Gasteiger partial charge < -0.3 is 10.6 Å². The molecule has 1 aromatic heterocycles. The van der Waals surface area contributed by atoms with Gasteiger partial charge in [-0.25, -0.2) is 23.1 Å². The molecule has 0 unspecified atom stereocenters. The lowest BCUT2D eigenvalue weighted by atomic mass is 10.3. The Morgan fingerprint density at radius 3 is 2.10 bits per heavy atom. The molecule has 0 fully saturated rings. The molecule has 0 atom stereocenters. The van der Waals surface area contributed by atoms with E-state index >= 15 is 0 Å². The van der Waals surface area contributed by atoms with Crippen LogP contribution in [0.2, 0.25) is 0 Å². The molecule has 7 nitrogen and oxygen atoms in total. The van der Waals surface area contributed by atoms with Gasteiger partial charge in [0.25, 0.3) is 0 Å². The predicted molar refractivity (Wildman–Crippen MR) is 86.2 cm³/mol. The fourth-order valence-corrected chi connectivity index (χ4v) is 2.28. The lowest BCUT2D eigenvalue weighted by Gasteiger charge is -2.14. The van der Waals surface area contributed by atoms with Gasteiger partial charge in [0.05, 0.1) is 6.26 Å². The summed E-state index contributed by atoms with van der Waals surface area (Å²) in [5, 5.41) is 6.51. The molecule has 1 rings (SSSR count). The minimum Gasteiger partial charge on any atom is -0.370 e. The SMILES string of the molecule is CCCNc1nc(C)nc(NCCCNS(C)(=O)=O)c1C. The molecule has 1 heterocycles. The van der Waals surface area contributed by atoms with Gasteiger partial charge in [-0.2, -0.15) is 0 Å². The first kappa shape index (κ1) is 17.6. The summed E-state index contributed by atoms with van der Waals surface area (Å²) in [5.41, 5.74) is 0.977. The van der Waals surface area contributed by atoms with Crippen molar-refractivity contribution in [2.45, 2.75) is 33.6 Å². The van der Waals surface area contributed by atoms with Crippen LogP contribution in [0.3, 0.4) is 0 Å². The number of hydrogen-bond donors (Lipinski definition) is 3. The smallest absolute Gasteiger partial charge is 0.208 e. The van der Waals surface area contributed by atoms with Gasteiger partial charge in [-0.05, 0) is 26.7 Å². The van der Waals surface area contributed by atoms with E-state index in [1.54, 1.807) is 0 Å². The van der Waals surface area contributed by atoms with Crippen LogP contribution >= 0.6 is 0 Å². The number of aryl methyl sites for hydroxylation is 1. The van der Waals surface area contributed by atoms with Crippen molar-refractivity contribution in [1.82, 2.24) is 14.7 Å². The second-order valence-corrected chi connectivity index (χ2v) is 6.80. The minimum atomic E-state index is -3.11. The van der Waals surface area contributed by atoms with Crippen molar-refractivity contribution < 1.29 is 8.42 Å². The van der Waals surface area contributed by atoms with Gasteiger partial charge in [0.15, 0.2) is 0 Å². The molecule has 0 radical (unpaired) electrons. The lowest BCUT2D eigenvalue weighted by molar-refractivity contribution is 0.586. The fraction of sp³-hybridized carbons (Fsp3) is 0.692. The quantitative estimate of drug-likeness (QED) is 0.594. The van der Waals surface area contributed by atoms with Crippen molar-refractivity contribution in [3.8, 4) is 0 Å². The van der Waals surface area contributed by atoms with Gasteiger partial charge in [-0.1, -0.05) is 6.92 Å². The largest absolute Gasteiger partial charge is 0.370 e. The second kappa shape index (κ2) is 8.14. The van der Waals surface area contributed by atoms with E-state index in [1.165, 1.54) is 0 Å². The Labute approximate surface area is 127 Å². The van der Waals surface area contributed by atoms with Gasteiger partial charge in [0.2, 0.25) is 10.0 Å².